The summed E-state index contributed by atoms with van der Waals surface area (Å²) < 4.78 is 40.9. The summed E-state index contributed by atoms with van der Waals surface area (Å²) in [6.45, 7) is 0.275. The van der Waals surface area contributed by atoms with Gasteiger partial charge in [0.25, 0.3) is 10.0 Å². The molecule has 1 aliphatic heterocycles. The molecule has 2 amide bonds. The zero-order valence-electron chi connectivity index (χ0n) is 16.6. The number of nitrogens with zero attached hydrogens (tertiary/aromatic N) is 1. The second-order valence-electron chi connectivity index (χ2n) is 7.15. The van der Waals surface area contributed by atoms with Crippen molar-refractivity contribution in [3.63, 3.8) is 0 Å². The number of amides is 2. The van der Waals surface area contributed by atoms with Crippen LogP contribution in [-0.2, 0) is 16.4 Å². The molecule has 0 spiro atoms. The van der Waals surface area contributed by atoms with Gasteiger partial charge in [-0.1, -0.05) is 35.3 Å². The minimum atomic E-state index is -3.89. The molecule has 0 aromatic heterocycles. The fourth-order valence-corrected chi connectivity index (χ4v) is 5.52. The van der Waals surface area contributed by atoms with Crippen molar-refractivity contribution in [3.05, 3.63) is 82.1 Å². The second-order valence-corrected chi connectivity index (χ2v) is 9.83. The van der Waals surface area contributed by atoms with E-state index in [1.807, 2.05) is 0 Å². The van der Waals surface area contributed by atoms with Crippen molar-refractivity contribution in [1.29, 1.82) is 0 Å². The highest BCUT2D eigenvalue weighted by atomic mass is 35.5. The summed E-state index contributed by atoms with van der Waals surface area (Å²) in [7, 11) is -3.89. The smallest absolute Gasteiger partial charge is 0.308 e. The fraction of sp³-hybridized carbons (Fsp3) is 0.136. The molecule has 0 bridgehead atoms. The van der Waals surface area contributed by atoms with Crippen LogP contribution in [-0.4, -0.2) is 21.0 Å². The second kappa shape index (κ2) is 8.97. The van der Waals surface area contributed by atoms with Gasteiger partial charge in [0, 0.05) is 12.2 Å². The first kappa shape index (κ1) is 22.4. The van der Waals surface area contributed by atoms with Gasteiger partial charge in [0.2, 0.25) is 0 Å². The number of nitrogens with one attached hydrogen (secondary N) is 2. The topological polar surface area (TPSA) is 78.5 Å². The number of halogens is 3. The van der Waals surface area contributed by atoms with Crippen molar-refractivity contribution >= 4 is 56.3 Å². The first-order valence-corrected chi connectivity index (χ1v) is 11.9. The lowest BCUT2D eigenvalue weighted by molar-refractivity contribution is 0.262. The number of carbonyl (C=O) groups is 1. The Hall–Kier alpha value is -2.81. The summed E-state index contributed by atoms with van der Waals surface area (Å²) in [6.07, 6.45) is 1.35. The van der Waals surface area contributed by atoms with Crippen LogP contribution < -0.4 is 14.9 Å². The normalized spacial score (nSPS) is 13.4. The Labute approximate surface area is 195 Å². The quantitative estimate of drug-likeness (QED) is 0.473. The number of benzene rings is 3. The molecule has 1 aliphatic rings. The zero-order valence-corrected chi connectivity index (χ0v) is 18.9. The van der Waals surface area contributed by atoms with Crippen LogP contribution in [0.15, 0.2) is 65.6 Å². The van der Waals surface area contributed by atoms with Gasteiger partial charge >= 0.3 is 6.03 Å². The highest BCUT2D eigenvalue weighted by Crippen LogP contribution is 2.35. The molecule has 3 aromatic rings. The van der Waals surface area contributed by atoms with E-state index in [4.69, 9.17) is 23.2 Å². The number of anilines is 3. The van der Waals surface area contributed by atoms with Gasteiger partial charge in [-0.3, -0.25) is 4.31 Å². The average molecular weight is 494 g/mol. The number of hydrogen-bond donors (Lipinski definition) is 2. The van der Waals surface area contributed by atoms with Gasteiger partial charge in [-0.15, -0.1) is 0 Å². The molecule has 0 atom stereocenters. The van der Waals surface area contributed by atoms with Gasteiger partial charge in [-0.05, 0) is 66.9 Å². The molecule has 0 saturated heterocycles. The maximum atomic E-state index is 13.3. The Balaban J connectivity index is 1.60. The molecule has 0 radical (unpaired) electrons. The molecule has 10 heteroatoms. The molecular formula is C22H18Cl2FN3O3S. The third-order valence-corrected chi connectivity index (χ3v) is 7.48. The Morgan fingerprint density at radius 1 is 0.969 bits per heavy atom. The number of carbonyl (C=O) groups excluding carboxylic acids is 1. The Morgan fingerprint density at radius 3 is 2.34 bits per heavy atom. The van der Waals surface area contributed by atoms with Crippen LogP contribution in [0.2, 0.25) is 10.0 Å². The number of urea groups is 1. The SMILES string of the molecule is O=C(Nc1ccc2c(c1)N(S(=O)(=O)c1ccc(F)cc1)CCC2)Nc1c(Cl)cccc1Cl. The molecule has 0 saturated carbocycles. The summed E-state index contributed by atoms with van der Waals surface area (Å²) in [5.41, 5.74) is 1.97. The molecule has 0 aliphatic carbocycles. The van der Waals surface area contributed by atoms with Crippen LogP contribution in [0.1, 0.15) is 12.0 Å². The maximum Gasteiger partial charge on any atom is 0.323 e. The lowest BCUT2D eigenvalue weighted by atomic mass is 10.0. The van der Waals surface area contributed by atoms with Crippen molar-refractivity contribution in [2.75, 3.05) is 21.5 Å². The van der Waals surface area contributed by atoms with Crippen molar-refractivity contribution < 1.29 is 17.6 Å². The zero-order chi connectivity index (χ0) is 22.9. The van der Waals surface area contributed by atoms with Crippen LogP contribution in [0, 0.1) is 5.82 Å². The summed E-state index contributed by atoms with van der Waals surface area (Å²) in [5.74, 6) is -0.515. The van der Waals surface area contributed by atoms with E-state index in [2.05, 4.69) is 10.6 Å². The minimum Gasteiger partial charge on any atom is -0.308 e. The van der Waals surface area contributed by atoms with Gasteiger partial charge in [0.1, 0.15) is 5.82 Å². The number of hydrogen-bond acceptors (Lipinski definition) is 3. The van der Waals surface area contributed by atoms with Gasteiger partial charge in [-0.2, -0.15) is 0 Å². The molecule has 3 aromatic carbocycles. The van der Waals surface area contributed by atoms with Gasteiger partial charge < -0.3 is 10.6 Å². The third kappa shape index (κ3) is 4.53. The van der Waals surface area contributed by atoms with E-state index in [0.29, 0.717) is 24.2 Å². The summed E-state index contributed by atoms with van der Waals surface area (Å²) in [5, 5.41) is 5.85. The Morgan fingerprint density at radius 2 is 1.66 bits per heavy atom. The van der Waals surface area contributed by atoms with E-state index in [1.165, 1.54) is 16.4 Å². The van der Waals surface area contributed by atoms with Gasteiger partial charge in [-0.25, -0.2) is 17.6 Å². The van der Waals surface area contributed by atoms with E-state index < -0.39 is 21.9 Å². The minimum absolute atomic E-state index is 0.00350. The molecular weight excluding hydrogens is 476 g/mol. The number of aryl methyl sites for hydroxylation is 1. The molecule has 1 heterocycles. The number of sulfonamides is 1. The standard InChI is InChI=1S/C22H18Cl2FN3O3S/c23-18-4-1-5-19(24)21(18)27-22(29)26-16-9-6-14-3-2-12-28(20(14)13-16)32(30,31)17-10-7-15(25)8-11-17/h1,4-11,13H,2-3,12H2,(H2,26,27,29). The van der Waals surface area contributed by atoms with Crippen molar-refractivity contribution in [1.82, 2.24) is 0 Å². The van der Waals surface area contributed by atoms with Gasteiger partial charge in [0.15, 0.2) is 0 Å². The first-order valence-electron chi connectivity index (χ1n) is 9.69. The molecule has 0 unspecified atom stereocenters. The van der Waals surface area contributed by atoms with E-state index in [-0.39, 0.29) is 27.2 Å². The van der Waals surface area contributed by atoms with Crippen LogP contribution in [0.3, 0.4) is 0 Å². The average Bonchev–Trinajstić information content (AvgIpc) is 2.76. The van der Waals surface area contributed by atoms with Crippen LogP contribution in [0.25, 0.3) is 0 Å². The molecule has 166 valence electrons. The van der Waals surface area contributed by atoms with Crippen molar-refractivity contribution in [3.8, 4) is 0 Å². The first-order chi connectivity index (χ1) is 15.3. The maximum absolute atomic E-state index is 13.3. The van der Waals surface area contributed by atoms with E-state index in [1.54, 1.807) is 36.4 Å². The lowest BCUT2D eigenvalue weighted by Crippen LogP contribution is -2.35. The predicted molar refractivity (Wildman–Crippen MR) is 125 cm³/mol. The van der Waals surface area contributed by atoms with Crippen LogP contribution >= 0.6 is 23.2 Å². The van der Waals surface area contributed by atoms with Gasteiger partial charge in [0.05, 0.1) is 26.3 Å². The predicted octanol–water partition coefficient (Wildman–Crippen LogP) is 5.92. The largest absolute Gasteiger partial charge is 0.323 e. The summed E-state index contributed by atoms with van der Waals surface area (Å²) >= 11 is 12.2. The molecule has 4 rings (SSSR count). The van der Waals surface area contributed by atoms with E-state index >= 15 is 0 Å². The van der Waals surface area contributed by atoms with Crippen LogP contribution in [0.4, 0.5) is 26.2 Å². The molecule has 6 nitrogen and oxygen atoms in total. The van der Waals surface area contributed by atoms with E-state index in [0.717, 1.165) is 17.7 Å². The highest BCUT2D eigenvalue weighted by Gasteiger charge is 2.29. The fourth-order valence-electron chi connectivity index (χ4n) is 3.50. The summed E-state index contributed by atoms with van der Waals surface area (Å²) in [4.78, 5) is 12.5. The van der Waals surface area contributed by atoms with E-state index in [9.17, 15) is 17.6 Å². The summed E-state index contributed by atoms with van der Waals surface area (Å²) in [6, 6.07) is 14.0. The van der Waals surface area contributed by atoms with Crippen molar-refractivity contribution in [2.24, 2.45) is 0 Å². The highest BCUT2D eigenvalue weighted by molar-refractivity contribution is 7.92. The molecule has 2 N–H and O–H groups in total. The Bertz CT molecular complexity index is 1260. The number of para-hydroxylation sites is 1. The van der Waals surface area contributed by atoms with Crippen LogP contribution in [0.5, 0.6) is 0 Å². The molecule has 0 fully saturated rings. The Kier molecular flexibility index (Phi) is 6.28. The number of fused-ring (bicyclic) bond motifs is 1. The third-order valence-electron chi connectivity index (χ3n) is 5.02. The van der Waals surface area contributed by atoms with Crippen molar-refractivity contribution in [2.45, 2.75) is 17.7 Å². The number of rotatable bonds is 4. The lowest BCUT2D eigenvalue weighted by Gasteiger charge is -2.31. The molecule has 32 heavy (non-hydrogen) atoms. The monoisotopic (exact) mass is 493 g/mol.